The first kappa shape index (κ1) is 9.83. The summed E-state index contributed by atoms with van der Waals surface area (Å²) in [6.45, 7) is 11.0. The lowest BCUT2D eigenvalue weighted by atomic mass is 9.74. The number of rotatable bonds is 2. The van der Waals surface area contributed by atoms with Crippen LogP contribution in [0, 0.1) is 17.8 Å². The fraction of sp³-hybridized carbons (Fsp3) is 0.833. The van der Waals surface area contributed by atoms with Crippen LogP contribution in [0.15, 0.2) is 12.2 Å². The Balaban J connectivity index is 2.46. The van der Waals surface area contributed by atoms with Gasteiger partial charge in [0.15, 0.2) is 0 Å². The fourth-order valence-corrected chi connectivity index (χ4v) is 2.28. The Bertz CT molecular complexity index is 155. The van der Waals surface area contributed by atoms with Gasteiger partial charge in [-0.1, -0.05) is 38.8 Å². The molecule has 0 spiro atoms. The van der Waals surface area contributed by atoms with Gasteiger partial charge in [-0.15, -0.1) is 0 Å². The standard InChI is InChI=1S/C12H22/c1-9(2)11-6-5-7-12(8-11)10(3)4/h10-12H,1,5-8H2,2-4H3/t11-,12-/m1/s1. The predicted octanol–water partition coefficient (Wildman–Crippen LogP) is 4.02. The van der Waals surface area contributed by atoms with Gasteiger partial charge in [-0.05, 0) is 37.5 Å². The minimum atomic E-state index is 0.825. The summed E-state index contributed by atoms with van der Waals surface area (Å²) in [6, 6.07) is 0. The molecule has 0 amide bonds. The first-order valence-corrected chi connectivity index (χ1v) is 5.26. The van der Waals surface area contributed by atoms with Crippen LogP contribution >= 0.6 is 0 Å². The van der Waals surface area contributed by atoms with Gasteiger partial charge in [0, 0.05) is 0 Å². The first-order chi connectivity index (χ1) is 5.61. The van der Waals surface area contributed by atoms with E-state index in [1.54, 1.807) is 0 Å². The lowest BCUT2D eigenvalue weighted by Crippen LogP contribution is -2.20. The zero-order valence-electron chi connectivity index (χ0n) is 8.77. The molecule has 1 aliphatic rings. The van der Waals surface area contributed by atoms with Crippen LogP contribution in [0.25, 0.3) is 0 Å². The molecule has 1 rings (SSSR count). The Kier molecular flexibility index (Phi) is 3.37. The van der Waals surface area contributed by atoms with Gasteiger partial charge in [0.1, 0.15) is 0 Å². The summed E-state index contributed by atoms with van der Waals surface area (Å²) in [6.07, 6.45) is 5.65. The molecule has 0 nitrogen and oxygen atoms in total. The van der Waals surface area contributed by atoms with E-state index < -0.39 is 0 Å². The zero-order valence-corrected chi connectivity index (χ0v) is 8.77. The highest BCUT2D eigenvalue weighted by Crippen LogP contribution is 2.36. The van der Waals surface area contributed by atoms with Crippen molar-refractivity contribution < 1.29 is 0 Å². The summed E-state index contributed by atoms with van der Waals surface area (Å²) in [4.78, 5) is 0. The van der Waals surface area contributed by atoms with E-state index in [1.807, 2.05) is 0 Å². The Labute approximate surface area is 77.1 Å². The molecule has 70 valence electrons. The van der Waals surface area contributed by atoms with Crippen LogP contribution in [0.4, 0.5) is 0 Å². The molecule has 0 aromatic rings. The van der Waals surface area contributed by atoms with Crippen LogP contribution < -0.4 is 0 Å². The molecule has 0 heterocycles. The highest BCUT2D eigenvalue weighted by atomic mass is 14.3. The van der Waals surface area contributed by atoms with Crippen LogP contribution in [-0.4, -0.2) is 0 Å². The third kappa shape index (κ3) is 2.36. The predicted molar refractivity (Wildman–Crippen MR) is 55.1 cm³/mol. The topological polar surface area (TPSA) is 0 Å². The molecule has 0 unspecified atom stereocenters. The maximum atomic E-state index is 4.07. The quantitative estimate of drug-likeness (QED) is 0.543. The minimum absolute atomic E-state index is 0.825. The third-order valence-electron chi connectivity index (χ3n) is 3.35. The Morgan fingerprint density at radius 2 is 2.00 bits per heavy atom. The summed E-state index contributed by atoms with van der Waals surface area (Å²) >= 11 is 0. The second-order valence-corrected chi connectivity index (χ2v) is 4.71. The summed E-state index contributed by atoms with van der Waals surface area (Å²) in [5, 5.41) is 0. The highest BCUT2D eigenvalue weighted by molar-refractivity contribution is 4.98. The molecule has 0 aromatic carbocycles. The number of allylic oxidation sites excluding steroid dienone is 1. The lowest BCUT2D eigenvalue weighted by molar-refractivity contribution is 0.235. The van der Waals surface area contributed by atoms with Crippen LogP contribution in [0.1, 0.15) is 46.5 Å². The van der Waals surface area contributed by atoms with Crippen molar-refractivity contribution in [3.63, 3.8) is 0 Å². The molecule has 0 radical (unpaired) electrons. The Morgan fingerprint density at radius 1 is 1.33 bits per heavy atom. The Morgan fingerprint density at radius 3 is 2.50 bits per heavy atom. The van der Waals surface area contributed by atoms with Crippen molar-refractivity contribution in [2.24, 2.45) is 17.8 Å². The summed E-state index contributed by atoms with van der Waals surface area (Å²) in [7, 11) is 0. The molecule has 2 atom stereocenters. The van der Waals surface area contributed by atoms with Gasteiger partial charge in [0.2, 0.25) is 0 Å². The van der Waals surface area contributed by atoms with Gasteiger partial charge < -0.3 is 0 Å². The van der Waals surface area contributed by atoms with E-state index in [0.29, 0.717) is 0 Å². The van der Waals surface area contributed by atoms with Crippen LogP contribution in [0.3, 0.4) is 0 Å². The van der Waals surface area contributed by atoms with Crippen molar-refractivity contribution in [3.8, 4) is 0 Å². The second kappa shape index (κ2) is 4.11. The average molecular weight is 166 g/mol. The second-order valence-electron chi connectivity index (χ2n) is 4.71. The molecule has 1 aliphatic carbocycles. The molecule has 0 bridgehead atoms. The molecule has 12 heavy (non-hydrogen) atoms. The molecule has 1 saturated carbocycles. The summed E-state index contributed by atoms with van der Waals surface area (Å²) < 4.78 is 0. The van der Waals surface area contributed by atoms with E-state index in [0.717, 1.165) is 17.8 Å². The smallest absolute Gasteiger partial charge is 0.0206 e. The normalized spacial score (nSPS) is 30.7. The molecule has 1 fully saturated rings. The Hall–Kier alpha value is -0.260. The van der Waals surface area contributed by atoms with Gasteiger partial charge in [-0.3, -0.25) is 0 Å². The lowest BCUT2D eigenvalue weighted by Gasteiger charge is -2.31. The molecule has 0 aromatic heterocycles. The first-order valence-electron chi connectivity index (χ1n) is 5.26. The van der Waals surface area contributed by atoms with Crippen LogP contribution in [0.2, 0.25) is 0 Å². The summed E-state index contributed by atoms with van der Waals surface area (Å²) in [5.74, 6) is 2.65. The van der Waals surface area contributed by atoms with Gasteiger partial charge in [0.25, 0.3) is 0 Å². The SMILES string of the molecule is C=C(C)[C@@H]1CCC[C@@H](C(C)C)C1. The zero-order chi connectivity index (χ0) is 9.14. The summed E-state index contributed by atoms with van der Waals surface area (Å²) in [5.41, 5.74) is 1.40. The molecular formula is C12H22. The van der Waals surface area contributed by atoms with E-state index in [-0.39, 0.29) is 0 Å². The van der Waals surface area contributed by atoms with Gasteiger partial charge in [0.05, 0.1) is 0 Å². The molecular weight excluding hydrogens is 144 g/mol. The third-order valence-corrected chi connectivity index (χ3v) is 3.35. The van der Waals surface area contributed by atoms with E-state index in [1.165, 1.54) is 31.3 Å². The van der Waals surface area contributed by atoms with Gasteiger partial charge in [-0.25, -0.2) is 0 Å². The molecule has 0 aliphatic heterocycles. The van der Waals surface area contributed by atoms with Crippen molar-refractivity contribution >= 4 is 0 Å². The monoisotopic (exact) mass is 166 g/mol. The molecule has 0 saturated heterocycles. The van der Waals surface area contributed by atoms with Gasteiger partial charge in [-0.2, -0.15) is 0 Å². The fourth-order valence-electron chi connectivity index (χ4n) is 2.28. The van der Waals surface area contributed by atoms with Crippen molar-refractivity contribution in [1.82, 2.24) is 0 Å². The van der Waals surface area contributed by atoms with Crippen molar-refractivity contribution in [2.75, 3.05) is 0 Å². The van der Waals surface area contributed by atoms with E-state index in [2.05, 4.69) is 27.4 Å². The average Bonchev–Trinajstić information content (AvgIpc) is 2.04. The minimum Gasteiger partial charge on any atom is -0.0999 e. The maximum absolute atomic E-state index is 4.07. The van der Waals surface area contributed by atoms with Crippen LogP contribution in [0.5, 0.6) is 0 Å². The number of hydrogen-bond acceptors (Lipinski definition) is 0. The maximum Gasteiger partial charge on any atom is -0.0206 e. The molecule has 0 heteroatoms. The van der Waals surface area contributed by atoms with E-state index in [4.69, 9.17) is 0 Å². The van der Waals surface area contributed by atoms with Crippen molar-refractivity contribution in [2.45, 2.75) is 46.5 Å². The van der Waals surface area contributed by atoms with Crippen molar-refractivity contribution in [1.29, 1.82) is 0 Å². The number of hydrogen-bond donors (Lipinski definition) is 0. The highest BCUT2D eigenvalue weighted by Gasteiger charge is 2.23. The van der Waals surface area contributed by atoms with Gasteiger partial charge >= 0.3 is 0 Å². The largest absolute Gasteiger partial charge is 0.0999 e. The molecule has 0 N–H and O–H groups in total. The van der Waals surface area contributed by atoms with E-state index in [9.17, 15) is 0 Å². The van der Waals surface area contributed by atoms with Crippen LogP contribution in [-0.2, 0) is 0 Å². The van der Waals surface area contributed by atoms with E-state index >= 15 is 0 Å². The van der Waals surface area contributed by atoms with Crippen molar-refractivity contribution in [3.05, 3.63) is 12.2 Å².